The summed E-state index contributed by atoms with van der Waals surface area (Å²) in [5, 5.41) is 4.66. The molecule has 5 nitrogen and oxygen atoms in total. The maximum absolute atomic E-state index is 12.8. The summed E-state index contributed by atoms with van der Waals surface area (Å²) in [6, 6.07) is 15.6. The molecule has 1 fully saturated rings. The van der Waals surface area contributed by atoms with Crippen LogP contribution in [0.2, 0.25) is 5.02 Å². The number of rotatable bonds is 5. The third kappa shape index (κ3) is 4.28. The van der Waals surface area contributed by atoms with Crippen LogP contribution < -0.4 is 0 Å². The number of nitrogens with zero attached hydrogens (tertiary/aromatic N) is 3. The predicted molar refractivity (Wildman–Crippen MR) is 111 cm³/mol. The second-order valence-electron chi connectivity index (χ2n) is 6.82. The van der Waals surface area contributed by atoms with Crippen LogP contribution in [-0.2, 0) is 11.2 Å². The van der Waals surface area contributed by atoms with E-state index < -0.39 is 0 Å². The Balaban J connectivity index is 1.39. The lowest BCUT2D eigenvalue weighted by molar-refractivity contribution is -0.132. The second kappa shape index (κ2) is 8.45. The highest BCUT2D eigenvalue weighted by Crippen LogP contribution is 2.33. The number of carbonyl (C=O) groups is 1. The summed E-state index contributed by atoms with van der Waals surface area (Å²) in [5.74, 6) is 1.09. The zero-order valence-electron chi connectivity index (χ0n) is 15.1. The van der Waals surface area contributed by atoms with Gasteiger partial charge in [-0.3, -0.25) is 4.79 Å². The van der Waals surface area contributed by atoms with Crippen molar-refractivity contribution in [2.75, 3.05) is 6.54 Å². The van der Waals surface area contributed by atoms with E-state index in [9.17, 15) is 4.79 Å². The monoisotopic (exact) mass is 459 g/mol. The van der Waals surface area contributed by atoms with Gasteiger partial charge in [-0.15, -0.1) is 0 Å². The highest BCUT2D eigenvalue weighted by Gasteiger charge is 2.30. The molecule has 1 aliphatic rings. The molecule has 0 saturated carbocycles. The van der Waals surface area contributed by atoms with Crippen molar-refractivity contribution >= 4 is 33.4 Å². The lowest BCUT2D eigenvalue weighted by Gasteiger charge is -2.25. The minimum Gasteiger partial charge on any atom is -0.339 e. The zero-order valence-corrected chi connectivity index (χ0v) is 17.5. The molecule has 0 bridgehead atoms. The van der Waals surface area contributed by atoms with Gasteiger partial charge < -0.3 is 9.42 Å². The van der Waals surface area contributed by atoms with Crippen LogP contribution >= 0.6 is 27.5 Å². The highest BCUT2D eigenvalue weighted by atomic mass is 79.9. The molecule has 1 amide bonds. The number of carbonyl (C=O) groups excluding carboxylic acids is 1. The number of hydrogen-bond donors (Lipinski definition) is 0. The van der Waals surface area contributed by atoms with Gasteiger partial charge in [-0.25, -0.2) is 0 Å². The van der Waals surface area contributed by atoms with Crippen molar-refractivity contribution in [2.24, 2.45) is 0 Å². The molecule has 1 atom stereocenters. The summed E-state index contributed by atoms with van der Waals surface area (Å²) in [6.07, 6.45) is 2.79. The average molecular weight is 461 g/mol. The van der Waals surface area contributed by atoms with Crippen molar-refractivity contribution in [2.45, 2.75) is 31.7 Å². The number of hydrogen-bond acceptors (Lipinski definition) is 4. The number of aromatic nitrogens is 2. The largest absolute Gasteiger partial charge is 0.339 e. The molecule has 0 N–H and O–H groups in total. The predicted octanol–water partition coefficient (Wildman–Crippen LogP) is 5.45. The molecule has 0 radical (unpaired) electrons. The smallest absolute Gasteiger partial charge is 0.227 e. The van der Waals surface area contributed by atoms with Crippen molar-refractivity contribution in [3.63, 3.8) is 0 Å². The molecule has 0 aliphatic carbocycles. The van der Waals surface area contributed by atoms with Gasteiger partial charge in [0.2, 0.25) is 17.6 Å². The van der Waals surface area contributed by atoms with Crippen LogP contribution in [0.15, 0.2) is 57.5 Å². The second-order valence-corrected chi connectivity index (χ2v) is 8.17. The van der Waals surface area contributed by atoms with E-state index in [1.807, 2.05) is 29.2 Å². The molecule has 2 aromatic carbocycles. The van der Waals surface area contributed by atoms with Crippen molar-refractivity contribution in [1.29, 1.82) is 0 Å². The highest BCUT2D eigenvalue weighted by molar-refractivity contribution is 9.10. The van der Waals surface area contributed by atoms with Crippen molar-refractivity contribution in [3.05, 3.63) is 69.5 Å². The molecule has 7 heteroatoms. The fourth-order valence-electron chi connectivity index (χ4n) is 3.56. The zero-order chi connectivity index (χ0) is 19.5. The maximum Gasteiger partial charge on any atom is 0.227 e. The van der Waals surface area contributed by atoms with Crippen LogP contribution in [0, 0.1) is 0 Å². The van der Waals surface area contributed by atoms with E-state index >= 15 is 0 Å². The Bertz CT molecular complexity index is 974. The van der Waals surface area contributed by atoms with E-state index in [0.717, 1.165) is 29.4 Å². The normalized spacial score (nSPS) is 16.5. The molecular weight excluding hydrogens is 442 g/mol. The van der Waals surface area contributed by atoms with Gasteiger partial charge in [-0.1, -0.05) is 44.8 Å². The molecule has 1 unspecified atom stereocenters. The number of benzene rings is 2. The molecule has 3 aromatic rings. The lowest BCUT2D eigenvalue weighted by Crippen LogP contribution is -2.30. The number of amides is 1. The maximum atomic E-state index is 12.8. The van der Waals surface area contributed by atoms with Crippen molar-refractivity contribution < 1.29 is 9.32 Å². The molecule has 1 aliphatic heterocycles. The fourth-order valence-corrected chi connectivity index (χ4v) is 4.10. The summed E-state index contributed by atoms with van der Waals surface area (Å²) >= 11 is 9.42. The van der Waals surface area contributed by atoms with Gasteiger partial charge in [0.05, 0.1) is 6.04 Å². The summed E-state index contributed by atoms with van der Waals surface area (Å²) in [6.45, 7) is 0.788. The van der Waals surface area contributed by atoms with Gasteiger partial charge in [0, 0.05) is 34.4 Å². The van der Waals surface area contributed by atoms with E-state index in [-0.39, 0.29) is 11.9 Å². The summed E-state index contributed by atoms with van der Waals surface area (Å²) < 4.78 is 6.35. The average Bonchev–Trinajstić information content (AvgIpc) is 3.36. The topological polar surface area (TPSA) is 59.2 Å². The van der Waals surface area contributed by atoms with Crippen LogP contribution in [0.3, 0.4) is 0 Å². The van der Waals surface area contributed by atoms with Crippen LogP contribution in [0.1, 0.15) is 36.8 Å². The molecule has 2 heterocycles. The number of likely N-dealkylation sites (tertiary alicyclic amines) is 1. The summed E-state index contributed by atoms with van der Waals surface area (Å²) in [7, 11) is 0. The minimum absolute atomic E-state index is 0.119. The Kier molecular flexibility index (Phi) is 5.78. The first-order valence-corrected chi connectivity index (χ1v) is 10.4. The van der Waals surface area contributed by atoms with Gasteiger partial charge >= 0.3 is 0 Å². The first kappa shape index (κ1) is 19.2. The van der Waals surface area contributed by atoms with Crippen molar-refractivity contribution in [3.8, 4) is 11.4 Å². The van der Waals surface area contributed by atoms with Crippen LogP contribution in [-0.4, -0.2) is 27.5 Å². The Hall–Kier alpha value is -2.18. The summed E-state index contributed by atoms with van der Waals surface area (Å²) in [4.78, 5) is 19.2. The molecule has 144 valence electrons. The quantitative estimate of drug-likeness (QED) is 0.508. The van der Waals surface area contributed by atoms with Crippen LogP contribution in [0.5, 0.6) is 0 Å². The van der Waals surface area contributed by atoms with Gasteiger partial charge in [0.15, 0.2) is 0 Å². The van der Waals surface area contributed by atoms with E-state index in [2.05, 4.69) is 38.2 Å². The third-order valence-electron chi connectivity index (χ3n) is 4.93. The molecular formula is C21H19BrClN3O2. The Labute approximate surface area is 176 Å². The molecule has 1 saturated heterocycles. The fraction of sp³-hybridized carbons (Fsp3) is 0.286. The van der Waals surface area contributed by atoms with E-state index in [1.165, 1.54) is 5.56 Å². The minimum atomic E-state index is 0.119. The van der Waals surface area contributed by atoms with Crippen LogP contribution in [0.4, 0.5) is 0 Å². The standard InChI is InChI=1S/C21H19BrClN3O2/c22-16-4-1-3-15(13-16)18-5-2-12-26(18)20(27)11-10-19-24-21(25-28-19)14-6-8-17(23)9-7-14/h1,3-4,6-9,13,18H,2,5,10-12H2. The lowest BCUT2D eigenvalue weighted by atomic mass is 10.0. The van der Waals surface area contributed by atoms with E-state index in [1.54, 1.807) is 12.1 Å². The Morgan fingerprint density at radius 1 is 1.25 bits per heavy atom. The molecule has 4 rings (SSSR count). The van der Waals surface area contributed by atoms with E-state index in [4.69, 9.17) is 16.1 Å². The SMILES string of the molecule is O=C(CCc1nc(-c2ccc(Cl)cc2)no1)N1CCCC1c1cccc(Br)c1. The Morgan fingerprint density at radius 3 is 2.86 bits per heavy atom. The Morgan fingerprint density at radius 2 is 2.07 bits per heavy atom. The van der Waals surface area contributed by atoms with Gasteiger partial charge in [0.1, 0.15) is 0 Å². The number of halogens is 2. The van der Waals surface area contributed by atoms with E-state index in [0.29, 0.717) is 29.6 Å². The third-order valence-corrected chi connectivity index (χ3v) is 5.68. The van der Waals surface area contributed by atoms with Crippen LogP contribution in [0.25, 0.3) is 11.4 Å². The van der Waals surface area contributed by atoms with Gasteiger partial charge in [0.25, 0.3) is 0 Å². The number of aryl methyl sites for hydroxylation is 1. The molecule has 1 aromatic heterocycles. The molecule has 28 heavy (non-hydrogen) atoms. The van der Waals surface area contributed by atoms with Gasteiger partial charge in [-0.05, 0) is 54.8 Å². The summed E-state index contributed by atoms with van der Waals surface area (Å²) in [5.41, 5.74) is 2.00. The first-order valence-electron chi connectivity index (χ1n) is 9.23. The molecule has 0 spiro atoms. The first-order chi connectivity index (χ1) is 13.6. The van der Waals surface area contributed by atoms with Gasteiger partial charge in [-0.2, -0.15) is 4.98 Å². The van der Waals surface area contributed by atoms with Crippen molar-refractivity contribution in [1.82, 2.24) is 15.0 Å².